The van der Waals surface area contributed by atoms with Crippen LogP contribution in [0, 0.1) is 0 Å². The largest absolute Gasteiger partial charge is 0.497 e. The molecule has 7 heteroatoms. The van der Waals surface area contributed by atoms with E-state index in [0.29, 0.717) is 5.89 Å². The van der Waals surface area contributed by atoms with Crippen molar-refractivity contribution >= 4 is 16.7 Å². The first-order valence-corrected chi connectivity index (χ1v) is 9.07. The molecule has 7 nitrogen and oxygen atoms in total. The molecule has 29 heavy (non-hydrogen) atoms. The van der Waals surface area contributed by atoms with Crippen molar-refractivity contribution in [3.63, 3.8) is 0 Å². The summed E-state index contributed by atoms with van der Waals surface area (Å²) in [5.74, 6) is 1.12. The van der Waals surface area contributed by atoms with Crippen LogP contribution >= 0.6 is 0 Å². The lowest BCUT2D eigenvalue weighted by atomic mass is 10.0. The number of benzene rings is 3. The number of carbonyl (C=O) groups excluding carboxylic acids is 1. The molecule has 146 valence electrons. The van der Waals surface area contributed by atoms with E-state index in [1.165, 1.54) is 0 Å². The summed E-state index contributed by atoms with van der Waals surface area (Å²) in [5.41, 5.74) is 4.13. The molecule has 0 aliphatic rings. The Balaban J connectivity index is 1.32. The second kappa shape index (κ2) is 8.53. The van der Waals surface area contributed by atoms with Gasteiger partial charge in [-0.3, -0.25) is 9.63 Å². The zero-order valence-corrected chi connectivity index (χ0v) is 15.8. The zero-order valence-electron chi connectivity index (χ0n) is 15.8. The van der Waals surface area contributed by atoms with Gasteiger partial charge in [0.05, 0.1) is 13.5 Å². The van der Waals surface area contributed by atoms with Crippen molar-refractivity contribution < 1.29 is 18.8 Å². The summed E-state index contributed by atoms with van der Waals surface area (Å²) in [6.45, 7) is -0.0234. The Kier molecular flexibility index (Phi) is 5.49. The number of carbonyl (C=O) groups is 1. The highest BCUT2D eigenvalue weighted by Gasteiger charge is 2.11. The number of rotatable bonds is 7. The quantitative estimate of drug-likeness (QED) is 0.485. The fourth-order valence-electron chi connectivity index (χ4n) is 3.00. The average Bonchev–Trinajstić information content (AvgIpc) is 3.23. The molecule has 1 heterocycles. The van der Waals surface area contributed by atoms with Crippen LogP contribution in [0.3, 0.4) is 0 Å². The van der Waals surface area contributed by atoms with Crippen LogP contribution in [0.4, 0.5) is 0 Å². The van der Waals surface area contributed by atoms with E-state index < -0.39 is 0 Å². The third-order valence-electron chi connectivity index (χ3n) is 4.42. The molecule has 4 rings (SSSR count). The number of hydroxylamine groups is 1. The van der Waals surface area contributed by atoms with E-state index in [0.717, 1.165) is 27.6 Å². The molecule has 3 aromatic carbocycles. The van der Waals surface area contributed by atoms with Gasteiger partial charge in [0.2, 0.25) is 17.7 Å². The Morgan fingerprint density at radius 3 is 2.62 bits per heavy atom. The molecule has 1 aromatic heterocycles. The maximum Gasteiger partial charge on any atom is 0.247 e. The maximum atomic E-state index is 12.2. The number of amides is 1. The van der Waals surface area contributed by atoms with E-state index in [4.69, 9.17) is 14.0 Å². The van der Waals surface area contributed by atoms with Crippen LogP contribution < -0.4 is 10.2 Å². The van der Waals surface area contributed by atoms with Crippen LogP contribution in [0.2, 0.25) is 0 Å². The molecule has 0 bridgehead atoms. The Bertz CT molecular complexity index is 1120. The van der Waals surface area contributed by atoms with Crippen LogP contribution in [0.25, 0.3) is 22.2 Å². The number of fused-ring (bicyclic) bond motifs is 1. The van der Waals surface area contributed by atoms with E-state index in [9.17, 15) is 4.79 Å². The lowest BCUT2D eigenvalue weighted by Gasteiger charge is -2.07. The number of ether oxygens (including phenoxy) is 1. The van der Waals surface area contributed by atoms with Gasteiger partial charge < -0.3 is 9.15 Å². The average molecular weight is 389 g/mol. The van der Waals surface area contributed by atoms with Crippen molar-refractivity contribution in [3.8, 4) is 17.2 Å². The first-order valence-electron chi connectivity index (χ1n) is 9.07. The van der Waals surface area contributed by atoms with E-state index in [-0.39, 0.29) is 24.8 Å². The van der Waals surface area contributed by atoms with Gasteiger partial charge in [0, 0.05) is 5.56 Å². The Morgan fingerprint density at radius 1 is 1.00 bits per heavy atom. The summed E-state index contributed by atoms with van der Waals surface area (Å²) < 4.78 is 10.7. The summed E-state index contributed by atoms with van der Waals surface area (Å²) >= 11 is 0. The predicted molar refractivity (Wildman–Crippen MR) is 107 cm³/mol. The molecule has 0 aliphatic heterocycles. The summed E-state index contributed by atoms with van der Waals surface area (Å²) in [7, 11) is 1.60. The molecule has 0 unspecified atom stereocenters. The van der Waals surface area contributed by atoms with Crippen LogP contribution in [-0.2, 0) is 22.7 Å². The van der Waals surface area contributed by atoms with Gasteiger partial charge in [0.25, 0.3) is 0 Å². The van der Waals surface area contributed by atoms with Gasteiger partial charge in [-0.15, -0.1) is 10.2 Å². The highest BCUT2D eigenvalue weighted by atomic mass is 16.7. The summed E-state index contributed by atoms with van der Waals surface area (Å²) in [4.78, 5) is 17.5. The third kappa shape index (κ3) is 4.41. The number of aromatic nitrogens is 2. The maximum absolute atomic E-state index is 12.2. The molecule has 4 aromatic rings. The van der Waals surface area contributed by atoms with Gasteiger partial charge in [0.15, 0.2) is 6.61 Å². The SMILES string of the molecule is COc1ccc(-c2nnc(CONC(=O)Cc3cccc4ccccc34)o2)cc1. The van der Waals surface area contributed by atoms with E-state index >= 15 is 0 Å². The zero-order chi connectivity index (χ0) is 20.1. The number of nitrogens with zero attached hydrogens (tertiary/aromatic N) is 2. The fraction of sp³-hybridized carbons (Fsp3) is 0.136. The third-order valence-corrected chi connectivity index (χ3v) is 4.42. The number of hydrogen-bond donors (Lipinski definition) is 1. The highest BCUT2D eigenvalue weighted by molar-refractivity contribution is 5.89. The fourth-order valence-corrected chi connectivity index (χ4v) is 3.00. The van der Waals surface area contributed by atoms with Crippen molar-refractivity contribution in [2.45, 2.75) is 13.0 Å². The topological polar surface area (TPSA) is 86.5 Å². The standard InChI is InChI=1S/C22H19N3O4/c1-27-18-11-9-16(10-12-18)22-24-23-21(29-22)14-28-25-20(26)13-17-7-4-6-15-5-2-3-8-19(15)17/h2-12H,13-14H2,1H3,(H,25,26). The van der Waals surface area contributed by atoms with Crippen molar-refractivity contribution in [2.75, 3.05) is 7.11 Å². The predicted octanol–water partition coefficient (Wildman–Crippen LogP) is 3.69. The highest BCUT2D eigenvalue weighted by Crippen LogP contribution is 2.21. The second-order valence-electron chi connectivity index (χ2n) is 6.36. The van der Waals surface area contributed by atoms with Gasteiger partial charge in [-0.05, 0) is 40.6 Å². The number of nitrogens with one attached hydrogen (secondary N) is 1. The minimum atomic E-state index is -0.253. The summed E-state index contributed by atoms with van der Waals surface area (Å²) in [5, 5.41) is 10.1. The minimum absolute atomic E-state index is 0.0234. The molecule has 0 fully saturated rings. The summed E-state index contributed by atoms with van der Waals surface area (Å²) in [6, 6.07) is 21.1. The van der Waals surface area contributed by atoms with Gasteiger partial charge in [0.1, 0.15) is 5.75 Å². The van der Waals surface area contributed by atoms with Gasteiger partial charge in [-0.25, -0.2) is 5.48 Å². The van der Waals surface area contributed by atoms with E-state index in [1.54, 1.807) is 7.11 Å². The second-order valence-corrected chi connectivity index (χ2v) is 6.36. The van der Waals surface area contributed by atoms with Crippen molar-refractivity contribution in [3.05, 3.63) is 78.2 Å². The van der Waals surface area contributed by atoms with E-state index in [1.807, 2.05) is 66.7 Å². The Labute approximate surface area is 167 Å². The molecule has 0 atom stereocenters. The summed E-state index contributed by atoms with van der Waals surface area (Å²) in [6.07, 6.45) is 0.211. The molecule has 0 saturated heterocycles. The van der Waals surface area contributed by atoms with Crippen molar-refractivity contribution in [2.24, 2.45) is 0 Å². The molecule has 1 amide bonds. The first kappa shape index (κ1) is 18.6. The van der Waals surface area contributed by atoms with Crippen molar-refractivity contribution in [1.29, 1.82) is 0 Å². The Morgan fingerprint density at radius 2 is 1.79 bits per heavy atom. The molecule has 0 saturated carbocycles. The number of methoxy groups -OCH3 is 1. The first-order chi connectivity index (χ1) is 14.2. The van der Waals surface area contributed by atoms with E-state index in [2.05, 4.69) is 15.7 Å². The van der Waals surface area contributed by atoms with Gasteiger partial charge in [-0.2, -0.15) is 0 Å². The molecule has 0 spiro atoms. The lowest BCUT2D eigenvalue weighted by Crippen LogP contribution is -2.25. The van der Waals surface area contributed by atoms with Crippen LogP contribution in [-0.4, -0.2) is 23.2 Å². The molecule has 0 aliphatic carbocycles. The van der Waals surface area contributed by atoms with Gasteiger partial charge >= 0.3 is 0 Å². The molecular weight excluding hydrogens is 370 g/mol. The normalized spacial score (nSPS) is 10.8. The monoisotopic (exact) mass is 389 g/mol. The molecule has 1 N–H and O–H groups in total. The van der Waals surface area contributed by atoms with Crippen molar-refractivity contribution in [1.82, 2.24) is 15.7 Å². The Hall–Kier alpha value is -3.71. The molecular formula is C22H19N3O4. The molecule has 0 radical (unpaired) electrons. The number of hydrogen-bond acceptors (Lipinski definition) is 6. The van der Waals surface area contributed by atoms with Crippen LogP contribution in [0.15, 0.2) is 71.1 Å². The van der Waals surface area contributed by atoms with Crippen LogP contribution in [0.1, 0.15) is 11.5 Å². The van der Waals surface area contributed by atoms with Crippen LogP contribution in [0.5, 0.6) is 5.75 Å². The van der Waals surface area contributed by atoms with Gasteiger partial charge in [-0.1, -0.05) is 42.5 Å². The smallest absolute Gasteiger partial charge is 0.247 e. The minimum Gasteiger partial charge on any atom is -0.497 e. The lowest BCUT2D eigenvalue weighted by molar-refractivity contribution is -0.134.